The fraction of sp³-hybridized carbons (Fsp3) is 0.769. The Labute approximate surface area is 112 Å². The van der Waals surface area contributed by atoms with E-state index >= 15 is 0 Å². The van der Waals surface area contributed by atoms with Gasteiger partial charge in [-0.25, -0.2) is 0 Å². The van der Waals surface area contributed by atoms with Gasteiger partial charge in [-0.3, -0.25) is 4.68 Å². The van der Waals surface area contributed by atoms with Crippen LogP contribution in [0.3, 0.4) is 0 Å². The van der Waals surface area contributed by atoms with Gasteiger partial charge in [-0.15, -0.1) is 0 Å². The van der Waals surface area contributed by atoms with Gasteiger partial charge in [0.05, 0.1) is 35.6 Å². The van der Waals surface area contributed by atoms with E-state index in [1.165, 1.54) is 25.7 Å². The lowest BCUT2D eigenvalue weighted by Gasteiger charge is -2.34. The lowest BCUT2D eigenvalue weighted by molar-refractivity contribution is 0.115. The van der Waals surface area contributed by atoms with E-state index < -0.39 is 0 Å². The van der Waals surface area contributed by atoms with Crippen molar-refractivity contribution < 1.29 is 5.11 Å². The van der Waals surface area contributed by atoms with E-state index in [-0.39, 0.29) is 12.1 Å². The molecule has 0 amide bonds. The van der Waals surface area contributed by atoms with Crippen molar-refractivity contribution in [3.63, 3.8) is 0 Å². The van der Waals surface area contributed by atoms with Crippen LogP contribution in [0.2, 0.25) is 5.02 Å². The number of hydrogen-bond acceptors (Lipinski definition) is 3. The van der Waals surface area contributed by atoms with Crippen molar-refractivity contribution in [1.29, 1.82) is 0 Å². The van der Waals surface area contributed by atoms with E-state index in [1.807, 2.05) is 11.6 Å². The average Bonchev–Trinajstić information content (AvgIpc) is 3.25. The van der Waals surface area contributed by atoms with Crippen molar-refractivity contribution in [1.82, 2.24) is 15.1 Å². The zero-order valence-corrected chi connectivity index (χ0v) is 11.5. The second-order valence-corrected chi connectivity index (χ2v) is 6.15. The second-order valence-electron chi connectivity index (χ2n) is 5.74. The van der Waals surface area contributed by atoms with E-state index in [0.29, 0.717) is 23.5 Å². The molecule has 2 N–H and O–H groups in total. The number of nitrogens with one attached hydrogen (secondary N) is 1. The van der Waals surface area contributed by atoms with Crippen LogP contribution in [0.5, 0.6) is 0 Å². The van der Waals surface area contributed by atoms with Gasteiger partial charge in [0, 0.05) is 6.04 Å². The predicted molar refractivity (Wildman–Crippen MR) is 70.7 cm³/mol. The third-order valence-electron chi connectivity index (χ3n) is 4.19. The highest BCUT2D eigenvalue weighted by Gasteiger charge is 2.47. The molecule has 0 aromatic carbocycles. The third-order valence-corrected chi connectivity index (χ3v) is 4.56. The zero-order valence-electron chi connectivity index (χ0n) is 10.7. The first-order valence-electron chi connectivity index (χ1n) is 6.71. The molecule has 0 saturated heterocycles. The molecule has 1 aromatic heterocycles. The SMILES string of the molecule is Cc1c(Cl)cnn1CC(CO)(NC1CC1)C1CC1. The summed E-state index contributed by atoms with van der Waals surface area (Å²) in [5.74, 6) is 0.575. The molecule has 3 rings (SSSR count). The lowest BCUT2D eigenvalue weighted by atomic mass is 9.93. The van der Waals surface area contributed by atoms with Gasteiger partial charge in [0.1, 0.15) is 0 Å². The fourth-order valence-electron chi connectivity index (χ4n) is 2.64. The third kappa shape index (κ3) is 2.29. The highest BCUT2D eigenvalue weighted by Crippen LogP contribution is 2.42. The normalized spacial score (nSPS) is 23.1. The fourth-order valence-corrected chi connectivity index (χ4v) is 2.78. The minimum atomic E-state index is -0.207. The quantitative estimate of drug-likeness (QED) is 0.827. The number of aliphatic hydroxyl groups is 1. The monoisotopic (exact) mass is 269 g/mol. The first-order chi connectivity index (χ1) is 8.64. The van der Waals surface area contributed by atoms with Gasteiger partial charge in [-0.1, -0.05) is 11.6 Å². The van der Waals surface area contributed by atoms with Crippen molar-refractivity contribution in [3.05, 3.63) is 16.9 Å². The summed E-state index contributed by atoms with van der Waals surface area (Å²) in [6, 6.07) is 0.587. The maximum absolute atomic E-state index is 9.89. The Bertz CT molecular complexity index is 439. The van der Waals surface area contributed by atoms with Crippen LogP contribution in [0, 0.1) is 12.8 Å². The van der Waals surface area contributed by atoms with Gasteiger partial charge in [0.15, 0.2) is 0 Å². The largest absolute Gasteiger partial charge is 0.394 e. The molecule has 1 atom stereocenters. The molecule has 100 valence electrons. The summed E-state index contributed by atoms with van der Waals surface area (Å²) >= 11 is 6.05. The molecule has 1 unspecified atom stereocenters. The van der Waals surface area contributed by atoms with E-state index in [4.69, 9.17) is 11.6 Å². The summed E-state index contributed by atoms with van der Waals surface area (Å²) in [5, 5.41) is 18.6. The van der Waals surface area contributed by atoms with Crippen molar-refractivity contribution in [3.8, 4) is 0 Å². The highest BCUT2D eigenvalue weighted by molar-refractivity contribution is 6.31. The Morgan fingerprint density at radius 3 is 2.67 bits per heavy atom. The van der Waals surface area contributed by atoms with Gasteiger partial charge in [0.25, 0.3) is 0 Å². The summed E-state index contributed by atoms with van der Waals surface area (Å²) in [4.78, 5) is 0. The van der Waals surface area contributed by atoms with Crippen molar-refractivity contribution in [2.45, 2.75) is 50.7 Å². The second kappa shape index (κ2) is 4.51. The van der Waals surface area contributed by atoms with Crippen molar-refractivity contribution >= 4 is 11.6 Å². The summed E-state index contributed by atoms with van der Waals surface area (Å²) < 4.78 is 1.92. The van der Waals surface area contributed by atoms with Gasteiger partial charge in [-0.05, 0) is 38.5 Å². The highest BCUT2D eigenvalue weighted by atomic mass is 35.5. The van der Waals surface area contributed by atoms with Crippen LogP contribution >= 0.6 is 11.6 Å². The number of halogens is 1. The first-order valence-corrected chi connectivity index (χ1v) is 7.09. The van der Waals surface area contributed by atoms with Gasteiger partial charge in [-0.2, -0.15) is 5.10 Å². The molecule has 0 aliphatic heterocycles. The number of aliphatic hydroxyl groups excluding tert-OH is 1. The predicted octanol–water partition coefficient (Wildman–Crippen LogP) is 1.74. The van der Waals surface area contributed by atoms with Crippen LogP contribution in [-0.4, -0.2) is 33.1 Å². The first kappa shape index (κ1) is 12.5. The molecular formula is C13H20ClN3O. The molecule has 1 aromatic rings. The molecule has 2 fully saturated rings. The summed E-state index contributed by atoms with van der Waals surface area (Å²) in [7, 11) is 0. The summed E-state index contributed by atoms with van der Waals surface area (Å²) in [6.07, 6.45) is 6.55. The summed E-state index contributed by atoms with van der Waals surface area (Å²) in [6.45, 7) is 2.86. The Balaban J connectivity index is 1.81. The number of rotatable bonds is 6. The molecule has 0 radical (unpaired) electrons. The van der Waals surface area contributed by atoms with Gasteiger partial charge in [0.2, 0.25) is 0 Å². The maximum Gasteiger partial charge on any atom is 0.0814 e. The molecule has 0 spiro atoms. The minimum Gasteiger partial charge on any atom is -0.394 e. The molecule has 2 aliphatic rings. The Hall–Kier alpha value is -0.580. The van der Waals surface area contributed by atoms with E-state index in [2.05, 4.69) is 10.4 Å². The minimum absolute atomic E-state index is 0.172. The molecule has 4 nitrogen and oxygen atoms in total. The van der Waals surface area contributed by atoms with E-state index in [0.717, 1.165) is 5.69 Å². The topological polar surface area (TPSA) is 50.1 Å². The Morgan fingerprint density at radius 1 is 1.50 bits per heavy atom. The Kier molecular flexibility index (Phi) is 3.12. The van der Waals surface area contributed by atoms with Crippen molar-refractivity contribution in [2.75, 3.05) is 6.61 Å². The van der Waals surface area contributed by atoms with E-state index in [9.17, 15) is 5.11 Å². The Morgan fingerprint density at radius 2 is 2.22 bits per heavy atom. The molecule has 5 heteroatoms. The molecular weight excluding hydrogens is 250 g/mol. The molecule has 0 bridgehead atoms. The van der Waals surface area contributed by atoms with E-state index in [1.54, 1.807) is 6.20 Å². The smallest absolute Gasteiger partial charge is 0.0814 e. The number of aromatic nitrogens is 2. The number of hydrogen-bond donors (Lipinski definition) is 2. The zero-order chi connectivity index (χ0) is 12.8. The molecule has 2 aliphatic carbocycles. The van der Waals surface area contributed by atoms with Gasteiger partial charge < -0.3 is 10.4 Å². The lowest BCUT2D eigenvalue weighted by Crippen LogP contribution is -2.55. The van der Waals surface area contributed by atoms with Gasteiger partial charge >= 0.3 is 0 Å². The molecule has 2 saturated carbocycles. The molecule has 1 heterocycles. The van der Waals surface area contributed by atoms with Crippen molar-refractivity contribution in [2.24, 2.45) is 5.92 Å². The van der Waals surface area contributed by atoms with Crippen LogP contribution in [0.25, 0.3) is 0 Å². The maximum atomic E-state index is 9.89. The van der Waals surface area contributed by atoms with Crippen LogP contribution < -0.4 is 5.32 Å². The van der Waals surface area contributed by atoms with Crippen LogP contribution in [0.1, 0.15) is 31.4 Å². The van der Waals surface area contributed by atoms with Crippen LogP contribution in [0.15, 0.2) is 6.20 Å². The van der Waals surface area contributed by atoms with Crippen LogP contribution in [-0.2, 0) is 6.54 Å². The van der Waals surface area contributed by atoms with Crippen LogP contribution in [0.4, 0.5) is 0 Å². The standard InChI is InChI=1S/C13H20ClN3O/c1-9-12(14)6-15-17(9)7-13(8-18,10-2-3-10)16-11-4-5-11/h6,10-11,16,18H,2-5,7-8H2,1H3. The molecule has 18 heavy (non-hydrogen) atoms. The number of nitrogens with zero attached hydrogens (tertiary/aromatic N) is 2. The average molecular weight is 270 g/mol. The summed E-state index contributed by atoms with van der Waals surface area (Å²) in [5.41, 5.74) is 0.772.